The van der Waals surface area contributed by atoms with Crippen molar-refractivity contribution < 1.29 is 9.47 Å². The first-order chi connectivity index (χ1) is 10.3. The van der Waals surface area contributed by atoms with Gasteiger partial charge in [-0.15, -0.1) is 0 Å². The standard InChI is InChI=1S/C16H17ClN2O2/c1-2-4-12-15(18-10-19-16(12)17)11-5-6-13-14(9-11)21-8-3-7-20-13/h5-6,9-10H,2-4,7-8H2,1H3. The fourth-order valence-corrected chi connectivity index (χ4v) is 2.65. The second kappa shape index (κ2) is 6.31. The summed E-state index contributed by atoms with van der Waals surface area (Å²) in [6.45, 7) is 3.47. The van der Waals surface area contributed by atoms with Crippen molar-refractivity contribution in [2.75, 3.05) is 13.2 Å². The Hall–Kier alpha value is -1.81. The first kappa shape index (κ1) is 14.1. The lowest BCUT2D eigenvalue weighted by atomic mass is 10.0. The molecule has 0 unspecified atom stereocenters. The van der Waals surface area contributed by atoms with Gasteiger partial charge in [-0.25, -0.2) is 9.97 Å². The Morgan fingerprint density at radius 2 is 1.95 bits per heavy atom. The van der Waals surface area contributed by atoms with Crippen molar-refractivity contribution in [1.29, 1.82) is 0 Å². The van der Waals surface area contributed by atoms with Crippen LogP contribution in [0.15, 0.2) is 24.5 Å². The number of hydrogen-bond donors (Lipinski definition) is 0. The van der Waals surface area contributed by atoms with Crippen molar-refractivity contribution in [3.05, 3.63) is 35.2 Å². The molecular formula is C16H17ClN2O2. The van der Waals surface area contributed by atoms with Crippen LogP contribution >= 0.6 is 11.6 Å². The minimum atomic E-state index is 0.522. The molecule has 0 saturated carbocycles. The van der Waals surface area contributed by atoms with E-state index in [-0.39, 0.29) is 0 Å². The lowest BCUT2D eigenvalue weighted by molar-refractivity contribution is 0.297. The van der Waals surface area contributed by atoms with Gasteiger partial charge >= 0.3 is 0 Å². The Balaban J connectivity index is 2.05. The molecule has 0 bridgehead atoms. The van der Waals surface area contributed by atoms with Crippen LogP contribution in [0.1, 0.15) is 25.3 Å². The number of rotatable bonds is 3. The molecule has 0 radical (unpaired) electrons. The molecule has 5 heteroatoms. The van der Waals surface area contributed by atoms with Gasteiger partial charge in [0.25, 0.3) is 0 Å². The molecule has 0 spiro atoms. The number of fused-ring (bicyclic) bond motifs is 1. The van der Waals surface area contributed by atoms with Gasteiger partial charge in [0.15, 0.2) is 11.5 Å². The van der Waals surface area contributed by atoms with Gasteiger partial charge < -0.3 is 9.47 Å². The molecule has 1 aliphatic rings. The summed E-state index contributed by atoms with van der Waals surface area (Å²) < 4.78 is 11.4. The number of nitrogens with zero attached hydrogens (tertiary/aromatic N) is 2. The highest BCUT2D eigenvalue weighted by Gasteiger charge is 2.15. The van der Waals surface area contributed by atoms with Gasteiger partial charge in [0, 0.05) is 17.5 Å². The second-order valence-corrected chi connectivity index (χ2v) is 5.31. The second-order valence-electron chi connectivity index (χ2n) is 4.95. The summed E-state index contributed by atoms with van der Waals surface area (Å²) in [5.74, 6) is 1.55. The van der Waals surface area contributed by atoms with Crippen LogP contribution < -0.4 is 9.47 Å². The van der Waals surface area contributed by atoms with E-state index in [0.717, 1.165) is 47.6 Å². The Morgan fingerprint density at radius 1 is 1.14 bits per heavy atom. The van der Waals surface area contributed by atoms with Crippen LogP contribution in [0.2, 0.25) is 5.15 Å². The number of halogens is 1. The highest BCUT2D eigenvalue weighted by atomic mass is 35.5. The average Bonchev–Trinajstić information content (AvgIpc) is 2.74. The van der Waals surface area contributed by atoms with E-state index in [0.29, 0.717) is 18.4 Å². The van der Waals surface area contributed by atoms with Crippen LogP contribution in [-0.4, -0.2) is 23.2 Å². The third-order valence-corrected chi connectivity index (χ3v) is 3.74. The molecule has 0 fully saturated rings. The van der Waals surface area contributed by atoms with Gasteiger partial charge in [-0.2, -0.15) is 0 Å². The van der Waals surface area contributed by atoms with Crippen LogP contribution in [0.3, 0.4) is 0 Å². The molecule has 0 saturated heterocycles. The highest BCUT2D eigenvalue weighted by molar-refractivity contribution is 6.30. The van der Waals surface area contributed by atoms with Crippen LogP contribution in [0.5, 0.6) is 11.5 Å². The van der Waals surface area contributed by atoms with Crippen molar-refractivity contribution >= 4 is 11.6 Å². The van der Waals surface area contributed by atoms with Gasteiger partial charge in [-0.1, -0.05) is 24.9 Å². The van der Waals surface area contributed by atoms with Crippen LogP contribution in [0, 0.1) is 0 Å². The molecule has 2 aromatic rings. The topological polar surface area (TPSA) is 44.2 Å². The number of benzene rings is 1. The van der Waals surface area contributed by atoms with Gasteiger partial charge in [0.1, 0.15) is 11.5 Å². The molecule has 21 heavy (non-hydrogen) atoms. The zero-order valence-electron chi connectivity index (χ0n) is 11.9. The molecule has 3 rings (SSSR count). The summed E-state index contributed by atoms with van der Waals surface area (Å²) >= 11 is 6.22. The lowest BCUT2D eigenvalue weighted by Gasteiger charge is -2.12. The van der Waals surface area contributed by atoms with Crippen LogP contribution in [0.25, 0.3) is 11.3 Å². The fraction of sp³-hybridized carbons (Fsp3) is 0.375. The smallest absolute Gasteiger partial charge is 0.161 e. The average molecular weight is 305 g/mol. The summed E-state index contributed by atoms with van der Waals surface area (Å²) in [7, 11) is 0. The summed E-state index contributed by atoms with van der Waals surface area (Å²) in [5.41, 5.74) is 2.83. The maximum atomic E-state index is 6.22. The minimum absolute atomic E-state index is 0.522. The number of aromatic nitrogens is 2. The van der Waals surface area contributed by atoms with E-state index in [4.69, 9.17) is 21.1 Å². The molecule has 110 valence electrons. The van der Waals surface area contributed by atoms with Gasteiger partial charge in [0.2, 0.25) is 0 Å². The third kappa shape index (κ3) is 2.95. The molecule has 0 aliphatic carbocycles. The normalized spacial score (nSPS) is 13.8. The van der Waals surface area contributed by atoms with E-state index in [1.807, 2.05) is 18.2 Å². The minimum Gasteiger partial charge on any atom is -0.490 e. The largest absolute Gasteiger partial charge is 0.490 e. The van der Waals surface area contributed by atoms with E-state index in [9.17, 15) is 0 Å². The van der Waals surface area contributed by atoms with Gasteiger partial charge in [0.05, 0.1) is 18.9 Å². The zero-order chi connectivity index (χ0) is 14.7. The summed E-state index contributed by atoms with van der Waals surface area (Å²) in [4.78, 5) is 8.49. The van der Waals surface area contributed by atoms with E-state index in [2.05, 4.69) is 16.9 Å². The summed E-state index contributed by atoms with van der Waals surface area (Å²) in [6, 6.07) is 5.89. The Morgan fingerprint density at radius 3 is 2.76 bits per heavy atom. The van der Waals surface area contributed by atoms with Crippen molar-refractivity contribution in [3.63, 3.8) is 0 Å². The zero-order valence-corrected chi connectivity index (χ0v) is 12.7. The van der Waals surface area contributed by atoms with E-state index < -0.39 is 0 Å². The number of ether oxygens (including phenoxy) is 2. The molecule has 2 heterocycles. The van der Waals surface area contributed by atoms with Crippen LogP contribution in [-0.2, 0) is 6.42 Å². The molecule has 0 amide bonds. The van der Waals surface area contributed by atoms with Gasteiger partial charge in [-0.3, -0.25) is 0 Å². The maximum absolute atomic E-state index is 6.22. The first-order valence-electron chi connectivity index (χ1n) is 7.19. The lowest BCUT2D eigenvalue weighted by Crippen LogP contribution is -1.98. The van der Waals surface area contributed by atoms with Crippen molar-refractivity contribution in [1.82, 2.24) is 9.97 Å². The molecule has 4 nitrogen and oxygen atoms in total. The molecule has 1 aliphatic heterocycles. The maximum Gasteiger partial charge on any atom is 0.161 e. The Kier molecular flexibility index (Phi) is 4.25. The first-order valence-corrected chi connectivity index (χ1v) is 7.56. The quantitative estimate of drug-likeness (QED) is 0.806. The van der Waals surface area contributed by atoms with Crippen molar-refractivity contribution in [2.45, 2.75) is 26.2 Å². The summed E-state index contributed by atoms with van der Waals surface area (Å²) in [5, 5.41) is 0.522. The van der Waals surface area contributed by atoms with Crippen molar-refractivity contribution in [2.24, 2.45) is 0 Å². The molecule has 1 aromatic carbocycles. The number of hydrogen-bond acceptors (Lipinski definition) is 4. The molecule has 1 aromatic heterocycles. The highest BCUT2D eigenvalue weighted by Crippen LogP contribution is 2.35. The molecule has 0 N–H and O–H groups in total. The third-order valence-electron chi connectivity index (χ3n) is 3.41. The predicted octanol–water partition coefficient (Wildman–Crippen LogP) is 3.91. The van der Waals surface area contributed by atoms with E-state index in [1.54, 1.807) is 0 Å². The Bertz CT molecular complexity index is 646. The van der Waals surface area contributed by atoms with E-state index in [1.165, 1.54) is 6.33 Å². The summed E-state index contributed by atoms with van der Waals surface area (Å²) in [6.07, 6.45) is 4.23. The monoisotopic (exact) mass is 304 g/mol. The van der Waals surface area contributed by atoms with Crippen LogP contribution in [0.4, 0.5) is 0 Å². The van der Waals surface area contributed by atoms with Crippen molar-refractivity contribution in [3.8, 4) is 22.8 Å². The van der Waals surface area contributed by atoms with E-state index >= 15 is 0 Å². The Labute approximate surface area is 129 Å². The predicted molar refractivity (Wildman–Crippen MR) is 82.1 cm³/mol. The molecule has 0 atom stereocenters. The van der Waals surface area contributed by atoms with Gasteiger partial charge in [-0.05, 0) is 24.6 Å². The SMILES string of the molecule is CCCc1c(Cl)ncnc1-c1ccc2c(c1)OCCCO2. The molecular weight excluding hydrogens is 288 g/mol. The fourth-order valence-electron chi connectivity index (χ4n) is 2.42.